The lowest BCUT2D eigenvalue weighted by atomic mass is 10.1. The van der Waals surface area contributed by atoms with Crippen LogP contribution in [0.25, 0.3) is 0 Å². The quantitative estimate of drug-likeness (QED) is 0.304. The minimum absolute atomic E-state index is 0.430. The molecule has 6 heteroatoms. The van der Waals surface area contributed by atoms with Gasteiger partial charge in [0, 0.05) is 18.8 Å². The van der Waals surface area contributed by atoms with Gasteiger partial charge >= 0.3 is 0 Å². The van der Waals surface area contributed by atoms with E-state index >= 15 is 0 Å². The number of unbranched alkanes of at least 4 members (excludes halogenated alkanes) is 3. The summed E-state index contributed by atoms with van der Waals surface area (Å²) in [5.74, 6) is 0. The summed E-state index contributed by atoms with van der Waals surface area (Å²) in [6, 6.07) is 10.5. The van der Waals surface area contributed by atoms with Crippen LogP contribution in [0.2, 0.25) is 0 Å². The molecule has 0 atom stereocenters. The molecule has 2 aromatic rings. The monoisotopic (exact) mass is 501 g/mol. The zero-order chi connectivity index (χ0) is 26.3. The van der Waals surface area contributed by atoms with E-state index in [1.807, 2.05) is 13.0 Å². The van der Waals surface area contributed by atoms with Crippen LogP contribution in [-0.4, -0.2) is 13.1 Å². The number of nitrogens with zero attached hydrogens (tertiary/aromatic N) is 5. The Balaban J connectivity index is 0.000000830. The molecular formula is C30H39N5S. The molecule has 36 heavy (non-hydrogen) atoms. The van der Waals surface area contributed by atoms with E-state index in [-0.39, 0.29) is 0 Å². The summed E-state index contributed by atoms with van der Waals surface area (Å²) in [6.45, 7) is 12.4. The summed E-state index contributed by atoms with van der Waals surface area (Å²) < 4.78 is 0. The van der Waals surface area contributed by atoms with Crippen molar-refractivity contribution in [1.82, 2.24) is 0 Å². The fourth-order valence-corrected chi connectivity index (χ4v) is 4.74. The minimum atomic E-state index is 0.430. The van der Waals surface area contributed by atoms with Gasteiger partial charge in [-0.3, -0.25) is 0 Å². The first-order chi connectivity index (χ1) is 17.5. The predicted molar refractivity (Wildman–Crippen MR) is 153 cm³/mol. The summed E-state index contributed by atoms with van der Waals surface area (Å²) in [5, 5.41) is 27.8. The molecule has 1 aromatic carbocycles. The minimum Gasteiger partial charge on any atom is -0.367 e. The van der Waals surface area contributed by atoms with E-state index in [0.29, 0.717) is 21.0 Å². The van der Waals surface area contributed by atoms with Crippen molar-refractivity contribution in [2.24, 2.45) is 10.2 Å². The Labute approximate surface area is 221 Å². The molecule has 1 aromatic heterocycles. The Kier molecular flexibility index (Phi) is 12.7. The second-order valence-corrected chi connectivity index (χ2v) is 10.0. The standard InChI is InChI=1S/C25H27N5S.C5H12/c1-4-5-13-30(17-20-9-7-6-8-10-20)21-11-12-23(18(2)14-21)28-29-25-22(15-26)19(3)24(16-27)31-25;1-3-5-4-2/h7,9-12,14H,4-6,8,13,17H2,1-3H3;3-5H2,1-2H3. The summed E-state index contributed by atoms with van der Waals surface area (Å²) in [6.07, 6.45) is 15.4. The van der Waals surface area contributed by atoms with Crippen LogP contribution in [0.3, 0.4) is 0 Å². The van der Waals surface area contributed by atoms with E-state index in [0.717, 1.165) is 50.0 Å². The summed E-state index contributed by atoms with van der Waals surface area (Å²) >= 11 is 1.21. The first kappa shape index (κ1) is 29.0. The first-order valence-electron chi connectivity index (χ1n) is 13.0. The lowest BCUT2D eigenvalue weighted by Crippen LogP contribution is -2.26. The van der Waals surface area contributed by atoms with Gasteiger partial charge in [0.1, 0.15) is 17.0 Å². The van der Waals surface area contributed by atoms with Gasteiger partial charge < -0.3 is 4.90 Å². The van der Waals surface area contributed by atoms with Crippen LogP contribution >= 0.6 is 11.3 Å². The third-order valence-electron chi connectivity index (χ3n) is 6.07. The molecule has 0 saturated heterocycles. The lowest BCUT2D eigenvalue weighted by molar-refractivity contribution is 0.738. The Hall–Kier alpha value is -3.22. The zero-order valence-electron chi connectivity index (χ0n) is 22.5. The van der Waals surface area contributed by atoms with Crippen LogP contribution in [-0.2, 0) is 0 Å². The SMILES string of the molecule is CCCCC.CCCCN(CC1=CCCC=C1)c1ccc(N=Nc2sc(C#N)c(C)c2C#N)c(C)c1. The molecule has 1 aliphatic rings. The molecule has 1 aliphatic carbocycles. The number of allylic oxidation sites excluding steroid dienone is 2. The summed E-state index contributed by atoms with van der Waals surface area (Å²) in [7, 11) is 0. The molecule has 0 amide bonds. The molecule has 1 heterocycles. The molecule has 0 spiro atoms. The van der Waals surface area contributed by atoms with Crippen molar-refractivity contribution in [1.29, 1.82) is 10.5 Å². The van der Waals surface area contributed by atoms with Gasteiger partial charge in [-0.1, -0.05) is 64.7 Å². The van der Waals surface area contributed by atoms with Crippen LogP contribution in [0, 0.1) is 36.5 Å². The molecule has 5 nitrogen and oxygen atoms in total. The normalized spacial score (nSPS) is 12.5. The third kappa shape index (κ3) is 8.47. The van der Waals surface area contributed by atoms with Gasteiger partial charge in [-0.25, -0.2) is 0 Å². The van der Waals surface area contributed by atoms with Crippen molar-refractivity contribution < 1.29 is 0 Å². The Morgan fingerprint density at radius 3 is 2.28 bits per heavy atom. The largest absolute Gasteiger partial charge is 0.367 e. The van der Waals surface area contributed by atoms with E-state index in [1.54, 1.807) is 6.92 Å². The molecule has 0 aliphatic heterocycles. The fraction of sp³-hybridized carbons (Fsp3) is 0.467. The Morgan fingerprint density at radius 2 is 1.72 bits per heavy atom. The smallest absolute Gasteiger partial charge is 0.158 e. The Morgan fingerprint density at radius 1 is 0.972 bits per heavy atom. The fourth-order valence-electron chi connectivity index (χ4n) is 3.86. The maximum Gasteiger partial charge on any atom is 0.158 e. The topological polar surface area (TPSA) is 75.5 Å². The number of aryl methyl sites for hydroxylation is 1. The molecular weight excluding hydrogens is 462 g/mol. The van der Waals surface area contributed by atoms with Gasteiger partial charge in [-0.2, -0.15) is 10.5 Å². The van der Waals surface area contributed by atoms with Crippen molar-refractivity contribution in [3.63, 3.8) is 0 Å². The van der Waals surface area contributed by atoms with Gasteiger partial charge in [0.2, 0.25) is 0 Å². The molecule has 0 bridgehead atoms. The zero-order valence-corrected chi connectivity index (χ0v) is 23.3. The van der Waals surface area contributed by atoms with E-state index in [9.17, 15) is 10.5 Å². The highest BCUT2D eigenvalue weighted by Crippen LogP contribution is 2.36. The number of benzene rings is 1. The van der Waals surface area contributed by atoms with Crippen molar-refractivity contribution in [3.8, 4) is 12.1 Å². The first-order valence-corrected chi connectivity index (χ1v) is 13.9. The Bertz CT molecular complexity index is 1160. The van der Waals surface area contributed by atoms with E-state index in [1.165, 1.54) is 41.9 Å². The highest BCUT2D eigenvalue weighted by Gasteiger charge is 2.15. The van der Waals surface area contributed by atoms with E-state index < -0.39 is 0 Å². The highest BCUT2D eigenvalue weighted by atomic mass is 32.1. The molecule has 0 saturated carbocycles. The maximum absolute atomic E-state index is 9.39. The average molecular weight is 502 g/mol. The van der Waals surface area contributed by atoms with Gasteiger partial charge in [0.25, 0.3) is 0 Å². The second kappa shape index (κ2) is 15.7. The number of hydrogen-bond donors (Lipinski definition) is 0. The van der Waals surface area contributed by atoms with Crippen LogP contribution < -0.4 is 4.90 Å². The maximum atomic E-state index is 9.39. The van der Waals surface area contributed by atoms with Crippen molar-refractivity contribution in [2.45, 2.75) is 79.6 Å². The average Bonchev–Trinajstić information content (AvgIpc) is 3.21. The molecule has 0 fully saturated rings. The van der Waals surface area contributed by atoms with E-state index in [2.05, 4.69) is 78.4 Å². The predicted octanol–water partition coefficient (Wildman–Crippen LogP) is 9.60. The molecule has 0 unspecified atom stereocenters. The third-order valence-corrected chi connectivity index (χ3v) is 7.15. The highest BCUT2D eigenvalue weighted by molar-refractivity contribution is 7.16. The summed E-state index contributed by atoms with van der Waals surface area (Å²) in [5.41, 5.74) is 5.45. The number of thiophene rings is 1. The molecule has 0 radical (unpaired) electrons. The van der Waals surface area contributed by atoms with Crippen molar-refractivity contribution in [2.75, 3.05) is 18.0 Å². The second-order valence-electron chi connectivity index (χ2n) is 9.02. The van der Waals surface area contributed by atoms with Crippen LogP contribution in [0.5, 0.6) is 0 Å². The van der Waals surface area contributed by atoms with Gasteiger partial charge in [0.05, 0.1) is 11.3 Å². The molecule has 190 valence electrons. The molecule has 3 rings (SSSR count). The number of hydrogen-bond acceptors (Lipinski definition) is 6. The summed E-state index contributed by atoms with van der Waals surface area (Å²) in [4.78, 5) is 2.93. The van der Waals surface area contributed by atoms with Crippen LogP contribution in [0.4, 0.5) is 16.4 Å². The van der Waals surface area contributed by atoms with E-state index in [4.69, 9.17) is 0 Å². The van der Waals surface area contributed by atoms with Crippen LogP contribution in [0.15, 0.2) is 52.2 Å². The lowest BCUT2D eigenvalue weighted by Gasteiger charge is -2.26. The number of azo groups is 1. The van der Waals surface area contributed by atoms with Gasteiger partial charge in [-0.05, 0) is 68.0 Å². The molecule has 0 N–H and O–H groups in total. The number of rotatable bonds is 10. The van der Waals surface area contributed by atoms with Crippen LogP contribution in [0.1, 0.15) is 87.3 Å². The van der Waals surface area contributed by atoms with Crippen molar-refractivity contribution in [3.05, 3.63) is 63.6 Å². The number of nitriles is 2. The van der Waals surface area contributed by atoms with Gasteiger partial charge in [0.15, 0.2) is 5.00 Å². The number of anilines is 1. The van der Waals surface area contributed by atoms with Crippen molar-refractivity contribution >= 4 is 27.7 Å². The van der Waals surface area contributed by atoms with Gasteiger partial charge in [-0.15, -0.1) is 21.6 Å².